The van der Waals surface area contributed by atoms with E-state index in [0.29, 0.717) is 10.9 Å². The third kappa shape index (κ3) is 2.50. The highest BCUT2D eigenvalue weighted by molar-refractivity contribution is 6.33. The van der Waals surface area contributed by atoms with Crippen LogP contribution in [0, 0.1) is 6.92 Å². The van der Waals surface area contributed by atoms with Crippen LogP contribution in [0.2, 0.25) is 5.02 Å². The third-order valence-corrected chi connectivity index (χ3v) is 4.23. The predicted molar refractivity (Wildman–Crippen MR) is 85.3 cm³/mol. The number of pyridine rings is 1. The van der Waals surface area contributed by atoms with Crippen LogP contribution in [0.15, 0.2) is 30.5 Å². The van der Waals surface area contributed by atoms with Crippen molar-refractivity contribution in [3.8, 4) is 0 Å². The molecule has 1 aromatic heterocycles. The normalized spacial score (nSPS) is 14.2. The fourth-order valence-electron chi connectivity index (χ4n) is 2.69. The molecule has 0 radical (unpaired) electrons. The third-order valence-electron chi connectivity index (χ3n) is 3.64. The summed E-state index contributed by atoms with van der Waals surface area (Å²) in [5.74, 6) is 1.26. The SMILES string of the molecule is Cc1ccc2c(c1)CCCN2c1ncc(CCl)cc1Cl. The van der Waals surface area contributed by atoms with Gasteiger partial charge in [-0.2, -0.15) is 0 Å². The molecule has 0 aliphatic carbocycles. The van der Waals surface area contributed by atoms with Crippen LogP contribution in [0.3, 0.4) is 0 Å². The molecule has 0 bridgehead atoms. The summed E-state index contributed by atoms with van der Waals surface area (Å²) in [5.41, 5.74) is 4.83. The summed E-state index contributed by atoms with van der Waals surface area (Å²) in [6, 6.07) is 8.46. The highest BCUT2D eigenvalue weighted by atomic mass is 35.5. The van der Waals surface area contributed by atoms with Crippen molar-refractivity contribution in [2.75, 3.05) is 11.4 Å². The molecule has 104 valence electrons. The molecule has 20 heavy (non-hydrogen) atoms. The van der Waals surface area contributed by atoms with E-state index < -0.39 is 0 Å². The Bertz CT molecular complexity index is 640. The highest BCUT2D eigenvalue weighted by Gasteiger charge is 2.21. The lowest BCUT2D eigenvalue weighted by Crippen LogP contribution is -2.25. The zero-order valence-corrected chi connectivity index (χ0v) is 12.9. The maximum Gasteiger partial charge on any atom is 0.151 e. The summed E-state index contributed by atoms with van der Waals surface area (Å²) in [6.07, 6.45) is 4.04. The summed E-state index contributed by atoms with van der Waals surface area (Å²) in [7, 11) is 0. The molecule has 4 heteroatoms. The Balaban J connectivity index is 2.04. The van der Waals surface area contributed by atoms with Crippen LogP contribution >= 0.6 is 23.2 Å². The number of nitrogens with zero attached hydrogens (tertiary/aromatic N) is 2. The van der Waals surface area contributed by atoms with Crippen molar-refractivity contribution < 1.29 is 0 Å². The molecule has 2 nitrogen and oxygen atoms in total. The summed E-state index contributed by atoms with van der Waals surface area (Å²) >= 11 is 12.2. The summed E-state index contributed by atoms with van der Waals surface area (Å²) in [4.78, 5) is 6.71. The Morgan fingerprint density at radius 2 is 2.15 bits per heavy atom. The lowest BCUT2D eigenvalue weighted by molar-refractivity contribution is 0.758. The molecule has 1 aliphatic rings. The molecule has 0 saturated carbocycles. The quantitative estimate of drug-likeness (QED) is 0.736. The number of anilines is 2. The second kappa shape index (κ2) is 5.63. The first-order valence-electron chi connectivity index (χ1n) is 6.76. The summed E-state index contributed by atoms with van der Waals surface area (Å²) in [5, 5.41) is 0.663. The van der Waals surface area contributed by atoms with Crippen molar-refractivity contribution >= 4 is 34.7 Å². The van der Waals surface area contributed by atoms with Gasteiger partial charge in [-0.15, -0.1) is 11.6 Å². The molecule has 2 aromatic rings. The predicted octanol–water partition coefficient (Wildman–Crippen LogP) is 4.87. The van der Waals surface area contributed by atoms with Gasteiger partial charge in [-0.05, 0) is 43.0 Å². The van der Waals surface area contributed by atoms with Gasteiger partial charge in [0.05, 0.1) is 5.02 Å². The van der Waals surface area contributed by atoms with E-state index in [2.05, 4.69) is 35.0 Å². The molecule has 1 aliphatic heterocycles. The molecule has 0 spiro atoms. The van der Waals surface area contributed by atoms with Gasteiger partial charge in [0.25, 0.3) is 0 Å². The van der Waals surface area contributed by atoms with Gasteiger partial charge in [0.2, 0.25) is 0 Å². The van der Waals surface area contributed by atoms with Gasteiger partial charge in [0.1, 0.15) is 0 Å². The van der Waals surface area contributed by atoms with Crippen molar-refractivity contribution in [2.24, 2.45) is 0 Å². The Labute approximate surface area is 129 Å². The molecule has 0 amide bonds. The lowest BCUT2D eigenvalue weighted by Gasteiger charge is -2.31. The van der Waals surface area contributed by atoms with E-state index in [1.54, 1.807) is 6.20 Å². The number of aryl methyl sites for hydroxylation is 2. The van der Waals surface area contributed by atoms with Crippen LogP contribution in [-0.2, 0) is 12.3 Å². The van der Waals surface area contributed by atoms with E-state index in [1.165, 1.54) is 16.8 Å². The average molecular weight is 307 g/mol. The summed E-state index contributed by atoms with van der Waals surface area (Å²) in [6.45, 7) is 3.07. The van der Waals surface area contributed by atoms with Gasteiger partial charge in [-0.25, -0.2) is 4.98 Å². The monoisotopic (exact) mass is 306 g/mol. The Morgan fingerprint density at radius 3 is 2.90 bits per heavy atom. The highest BCUT2D eigenvalue weighted by Crippen LogP contribution is 2.36. The number of alkyl halides is 1. The van der Waals surface area contributed by atoms with Crippen molar-refractivity contribution in [3.63, 3.8) is 0 Å². The van der Waals surface area contributed by atoms with Gasteiger partial charge < -0.3 is 4.90 Å². The average Bonchev–Trinajstić information content (AvgIpc) is 2.46. The second-order valence-electron chi connectivity index (χ2n) is 5.17. The minimum Gasteiger partial charge on any atom is -0.325 e. The first kappa shape index (κ1) is 13.7. The first-order chi connectivity index (χ1) is 9.69. The van der Waals surface area contributed by atoms with Crippen molar-refractivity contribution in [2.45, 2.75) is 25.6 Å². The van der Waals surface area contributed by atoms with Crippen LogP contribution in [0.5, 0.6) is 0 Å². The van der Waals surface area contributed by atoms with Crippen LogP contribution in [0.1, 0.15) is 23.1 Å². The van der Waals surface area contributed by atoms with Gasteiger partial charge in [0, 0.05) is 24.3 Å². The zero-order chi connectivity index (χ0) is 14.1. The molecule has 0 N–H and O–H groups in total. The molecular weight excluding hydrogens is 291 g/mol. The smallest absolute Gasteiger partial charge is 0.151 e. The number of halogens is 2. The molecule has 2 heterocycles. The standard InChI is InChI=1S/C16H16Cl2N2/c1-11-4-5-15-13(7-11)3-2-6-20(15)16-14(18)8-12(9-17)10-19-16/h4-5,7-8,10H,2-3,6,9H2,1H3. The summed E-state index contributed by atoms with van der Waals surface area (Å²) < 4.78 is 0. The van der Waals surface area contributed by atoms with E-state index in [1.807, 2.05) is 6.07 Å². The number of benzene rings is 1. The Kier molecular flexibility index (Phi) is 3.86. The molecule has 0 atom stereocenters. The van der Waals surface area contributed by atoms with Crippen LogP contribution in [0.4, 0.5) is 11.5 Å². The lowest BCUT2D eigenvalue weighted by atomic mass is 9.99. The topological polar surface area (TPSA) is 16.1 Å². The minimum atomic E-state index is 0.433. The molecule has 0 fully saturated rings. The maximum atomic E-state index is 6.38. The second-order valence-corrected chi connectivity index (χ2v) is 5.84. The van der Waals surface area contributed by atoms with E-state index in [4.69, 9.17) is 23.2 Å². The van der Waals surface area contributed by atoms with Crippen molar-refractivity contribution in [1.82, 2.24) is 4.98 Å². The van der Waals surface area contributed by atoms with E-state index in [-0.39, 0.29) is 0 Å². The number of aromatic nitrogens is 1. The zero-order valence-electron chi connectivity index (χ0n) is 11.4. The number of hydrogen-bond donors (Lipinski definition) is 0. The maximum absolute atomic E-state index is 6.38. The van der Waals surface area contributed by atoms with Crippen molar-refractivity contribution in [3.05, 3.63) is 52.2 Å². The fourth-order valence-corrected chi connectivity index (χ4v) is 3.13. The Morgan fingerprint density at radius 1 is 1.30 bits per heavy atom. The van der Waals surface area contributed by atoms with Gasteiger partial charge >= 0.3 is 0 Å². The van der Waals surface area contributed by atoms with Crippen LogP contribution < -0.4 is 4.90 Å². The molecule has 3 rings (SSSR count). The van der Waals surface area contributed by atoms with Gasteiger partial charge in [-0.3, -0.25) is 0 Å². The number of rotatable bonds is 2. The number of hydrogen-bond acceptors (Lipinski definition) is 2. The van der Waals surface area contributed by atoms with E-state index in [9.17, 15) is 0 Å². The first-order valence-corrected chi connectivity index (χ1v) is 7.68. The minimum absolute atomic E-state index is 0.433. The number of fused-ring (bicyclic) bond motifs is 1. The van der Waals surface area contributed by atoms with Gasteiger partial charge in [-0.1, -0.05) is 29.3 Å². The fraction of sp³-hybridized carbons (Fsp3) is 0.312. The van der Waals surface area contributed by atoms with Crippen LogP contribution in [0.25, 0.3) is 0 Å². The molecule has 0 unspecified atom stereocenters. The van der Waals surface area contributed by atoms with E-state index in [0.717, 1.165) is 30.8 Å². The van der Waals surface area contributed by atoms with Crippen molar-refractivity contribution in [1.29, 1.82) is 0 Å². The molecular formula is C16H16Cl2N2. The molecule has 0 saturated heterocycles. The van der Waals surface area contributed by atoms with E-state index >= 15 is 0 Å². The Hall–Kier alpha value is -1.25. The largest absolute Gasteiger partial charge is 0.325 e. The van der Waals surface area contributed by atoms with Gasteiger partial charge in [0.15, 0.2) is 5.82 Å². The van der Waals surface area contributed by atoms with Crippen LogP contribution in [-0.4, -0.2) is 11.5 Å². The molecule has 1 aromatic carbocycles.